The van der Waals surface area contributed by atoms with Crippen LogP contribution in [0.3, 0.4) is 0 Å². The standard InChI is InChI=1S/C13H22O2S2/c1-3-11-9-13(16-7-4-8-17-13)10(2)12(15-11)5-6-14/h6,10-12H,3-5,7-9H2,1-2H3/t10-,11-,12-/m1/s1. The number of aldehydes is 1. The maximum Gasteiger partial charge on any atom is 0.122 e. The van der Waals surface area contributed by atoms with E-state index in [9.17, 15) is 4.79 Å². The normalized spacial score (nSPS) is 36.9. The van der Waals surface area contributed by atoms with Crippen LogP contribution in [0.1, 0.15) is 39.5 Å². The van der Waals surface area contributed by atoms with E-state index in [1.807, 2.05) is 0 Å². The second kappa shape index (κ2) is 5.98. The van der Waals surface area contributed by atoms with Crippen LogP contribution >= 0.6 is 23.5 Å². The summed E-state index contributed by atoms with van der Waals surface area (Å²) in [5, 5.41) is 0. The Morgan fingerprint density at radius 1 is 1.41 bits per heavy atom. The van der Waals surface area contributed by atoms with Gasteiger partial charge in [-0.25, -0.2) is 0 Å². The molecule has 17 heavy (non-hydrogen) atoms. The summed E-state index contributed by atoms with van der Waals surface area (Å²) < 4.78 is 6.37. The topological polar surface area (TPSA) is 26.3 Å². The molecule has 0 aromatic carbocycles. The molecule has 0 radical (unpaired) electrons. The van der Waals surface area contributed by atoms with Gasteiger partial charge in [0.15, 0.2) is 0 Å². The zero-order valence-corrected chi connectivity index (χ0v) is 12.3. The fraction of sp³-hybridized carbons (Fsp3) is 0.923. The lowest BCUT2D eigenvalue weighted by Crippen LogP contribution is -2.49. The van der Waals surface area contributed by atoms with Crippen LogP contribution in [-0.4, -0.2) is 34.1 Å². The van der Waals surface area contributed by atoms with Gasteiger partial charge in [-0.1, -0.05) is 13.8 Å². The van der Waals surface area contributed by atoms with Crippen LogP contribution in [0.2, 0.25) is 0 Å². The summed E-state index contributed by atoms with van der Waals surface area (Å²) in [6.07, 6.45) is 5.57. The van der Waals surface area contributed by atoms with Crippen molar-refractivity contribution in [2.24, 2.45) is 5.92 Å². The molecule has 2 saturated heterocycles. The number of ether oxygens (including phenoxy) is 1. The van der Waals surface area contributed by atoms with Gasteiger partial charge in [-0.15, -0.1) is 23.5 Å². The van der Waals surface area contributed by atoms with Gasteiger partial charge in [-0.2, -0.15) is 0 Å². The molecule has 0 unspecified atom stereocenters. The quantitative estimate of drug-likeness (QED) is 0.737. The Morgan fingerprint density at radius 2 is 2.12 bits per heavy atom. The van der Waals surface area contributed by atoms with Crippen LogP contribution < -0.4 is 0 Å². The molecule has 2 nitrogen and oxygen atoms in total. The lowest BCUT2D eigenvalue weighted by molar-refractivity contribution is -0.118. The minimum absolute atomic E-state index is 0.129. The highest BCUT2D eigenvalue weighted by Crippen LogP contribution is 2.55. The zero-order chi connectivity index (χ0) is 12.3. The minimum atomic E-state index is 0.129. The van der Waals surface area contributed by atoms with E-state index in [0.29, 0.717) is 22.5 Å². The molecular weight excluding hydrogens is 252 g/mol. The molecule has 0 aromatic rings. The molecule has 4 heteroatoms. The second-order valence-corrected chi connectivity index (χ2v) is 8.07. The highest BCUT2D eigenvalue weighted by molar-refractivity contribution is 8.18. The van der Waals surface area contributed by atoms with Gasteiger partial charge in [0.1, 0.15) is 6.29 Å². The van der Waals surface area contributed by atoms with Crippen LogP contribution in [0.5, 0.6) is 0 Å². The highest BCUT2D eigenvalue weighted by Gasteiger charge is 2.48. The predicted molar refractivity (Wildman–Crippen MR) is 75.7 cm³/mol. The first-order chi connectivity index (χ1) is 8.22. The number of thioether (sulfide) groups is 2. The van der Waals surface area contributed by atoms with E-state index in [-0.39, 0.29) is 6.10 Å². The molecular formula is C13H22O2S2. The van der Waals surface area contributed by atoms with Crippen molar-refractivity contribution < 1.29 is 9.53 Å². The lowest BCUT2D eigenvalue weighted by atomic mass is 9.89. The maximum absolute atomic E-state index is 10.8. The van der Waals surface area contributed by atoms with Gasteiger partial charge in [-0.3, -0.25) is 0 Å². The Labute approximate surface area is 113 Å². The van der Waals surface area contributed by atoms with Crippen LogP contribution in [0.15, 0.2) is 0 Å². The monoisotopic (exact) mass is 274 g/mol. The molecule has 3 atom stereocenters. The summed E-state index contributed by atoms with van der Waals surface area (Å²) in [5.74, 6) is 3.01. The predicted octanol–water partition coefficient (Wildman–Crippen LogP) is 3.35. The molecule has 98 valence electrons. The number of rotatable bonds is 3. The third-order valence-corrected chi connectivity index (χ3v) is 7.64. The van der Waals surface area contributed by atoms with Gasteiger partial charge >= 0.3 is 0 Å². The van der Waals surface area contributed by atoms with Gasteiger partial charge in [0, 0.05) is 12.3 Å². The zero-order valence-electron chi connectivity index (χ0n) is 10.7. The lowest BCUT2D eigenvalue weighted by Gasteiger charge is -2.50. The first-order valence-corrected chi connectivity index (χ1v) is 8.56. The number of hydrogen-bond acceptors (Lipinski definition) is 4. The molecule has 0 saturated carbocycles. The van der Waals surface area contributed by atoms with Gasteiger partial charge in [-0.05, 0) is 30.8 Å². The van der Waals surface area contributed by atoms with E-state index in [4.69, 9.17) is 4.74 Å². The first kappa shape index (κ1) is 13.8. The molecule has 0 bridgehead atoms. The van der Waals surface area contributed by atoms with Gasteiger partial charge in [0.05, 0.1) is 16.3 Å². The molecule has 2 aliphatic heterocycles. The van der Waals surface area contributed by atoms with E-state index in [1.165, 1.54) is 17.9 Å². The van der Waals surface area contributed by atoms with Gasteiger partial charge < -0.3 is 9.53 Å². The summed E-state index contributed by atoms with van der Waals surface area (Å²) in [6, 6.07) is 0. The maximum atomic E-state index is 10.8. The minimum Gasteiger partial charge on any atom is -0.374 e. The van der Waals surface area contributed by atoms with E-state index in [2.05, 4.69) is 37.4 Å². The Balaban J connectivity index is 2.14. The van der Waals surface area contributed by atoms with Gasteiger partial charge in [0.2, 0.25) is 0 Å². The van der Waals surface area contributed by atoms with Crippen molar-refractivity contribution in [2.45, 2.75) is 55.8 Å². The summed E-state index contributed by atoms with van der Waals surface area (Å²) in [6.45, 7) is 4.45. The van der Waals surface area contributed by atoms with Crippen LogP contribution in [-0.2, 0) is 9.53 Å². The summed E-state index contributed by atoms with van der Waals surface area (Å²) in [5.41, 5.74) is 0. The molecule has 2 fully saturated rings. The Kier molecular flexibility index (Phi) is 4.84. The summed E-state index contributed by atoms with van der Waals surface area (Å²) >= 11 is 4.22. The van der Waals surface area contributed by atoms with Crippen molar-refractivity contribution >= 4 is 29.8 Å². The van der Waals surface area contributed by atoms with E-state index in [1.54, 1.807) is 0 Å². The Hall–Kier alpha value is 0.330. The SMILES string of the molecule is CC[C@@H]1CC2(SCCCS2)[C@H](C)[C@@H](CC=O)O1. The summed E-state index contributed by atoms with van der Waals surface area (Å²) in [7, 11) is 0. The smallest absolute Gasteiger partial charge is 0.122 e. The molecule has 2 aliphatic rings. The molecule has 0 aromatic heterocycles. The summed E-state index contributed by atoms with van der Waals surface area (Å²) in [4.78, 5) is 10.8. The van der Waals surface area contributed by atoms with Crippen molar-refractivity contribution in [2.75, 3.05) is 11.5 Å². The van der Waals surface area contributed by atoms with Gasteiger partial charge in [0.25, 0.3) is 0 Å². The van der Waals surface area contributed by atoms with E-state index >= 15 is 0 Å². The van der Waals surface area contributed by atoms with E-state index < -0.39 is 0 Å². The van der Waals surface area contributed by atoms with Crippen LogP contribution in [0, 0.1) is 5.92 Å². The highest BCUT2D eigenvalue weighted by atomic mass is 32.2. The van der Waals surface area contributed by atoms with Crippen molar-refractivity contribution in [1.82, 2.24) is 0 Å². The average Bonchev–Trinajstić information content (AvgIpc) is 2.36. The fourth-order valence-electron chi connectivity index (χ4n) is 2.77. The second-order valence-electron chi connectivity index (χ2n) is 4.96. The molecule has 1 spiro atoms. The van der Waals surface area contributed by atoms with Crippen molar-refractivity contribution in [3.8, 4) is 0 Å². The molecule has 0 amide bonds. The first-order valence-electron chi connectivity index (χ1n) is 6.59. The van der Waals surface area contributed by atoms with Crippen molar-refractivity contribution in [3.05, 3.63) is 0 Å². The third kappa shape index (κ3) is 2.85. The number of hydrogen-bond donors (Lipinski definition) is 0. The largest absolute Gasteiger partial charge is 0.374 e. The molecule has 0 aliphatic carbocycles. The number of carbonyl (C=O) groups is 1. The Morgan fingerprint density at radius 3 is 2.71 bits per heavy atom. The third-order valence-electron chi connectivity index (χ3n) is 3.90. The molecule has 0 N–H and O–H groups in total. The fourth-order valence-corrected chi connectivity index (χ4v) is 6.49. The van der Waals surface area contributed by atoms with E-state index in [0.717, 1.165) is 19.1 Å². The molecule has 2 rings (SSSR count). The number of carbonyl (C=O) groups excluding carboxylic acids is 1. The average molecular weight is 274 g/mol. The van der Waals surface area contributed by atoms with Crippen molar-refractivity contribution in [3.63, 3.8) is 0 Å². The van der Waals surface area contributed by atoms with Crippen LogP contribution in [0.25, 0.3) is 0 Å². The van der Waals surface area contributed by atoms with Crippen LogP contribution in [0.4, 0.5) is 0 Å². The van der Waals surface area contributed by atoms with Crippen molar-refractivity contribution in [1.29, 1.82) is 0 Å². The molecule has 2 heterocycles. The Bertz CT molecular complexity index is 264.